The zero-order valence-electron chi connectivity index (χ0n) is 7.61. The number of ether oxygens (including phenoxy) is 1. The SMILES string of the molecule is COc1ccc2oc(N)cc(=O)c2c1. The lowest BCUT2D eigenvalue weighted by Crippen LogP contribution is -2.01. The quantitative estimate of drug-likeness (QED) is 0.739. The zero-order chi connectivity index (χ0) is 10.1. The molecule has 0 radical (unpaired) electrons. The maximum atomic E-state index is 11.5. The van der Waals surface area contributed by atoms with Crippen molar-refractivity contribution in [1.29, 1.82) is 0 Å². The second-order valence-electron chi connectivity index (χ2n) is 2.88. The molecule has 14 heavy (non-hydrogen) atoms. The second kappa shape index (κ2) is 3.06. The highest BCUT2D eigenvalue weighted by Gasteiger charge is 2.03. The largest absolute Gasteiger partial charge is 0.497 e. The van der Waals surface area contributed by atoms with E-state index >= 15 is 0 Å². The molecule has 0 atom stereocenters. The number of nitrogens with two attached hydrogens (primary N) is 1. The number of hydrogen-bond donors (Lipinski definition) is 1. The van der Waals surface area contributed by atoms with Crippen molar-refractivity contribution in [2.45, 2.75) is 0 Å². The summed E-state index contributed by atoms with van der Waals surface area (Å²) in [5.74, 6) is 0.738. The van der Waals surface area contributed by atoms with Crippen LogP contribution in [-0.2, 0) is 0 Å². The molecule has 0 bridgehead atoms. The Morgan fingerprint density at radius 1 is 1.36 bits per heavy atom. The van der Waals surface area contributed by atoms with E-state index in [-0.39, 0.29) is 11.3 Å². The number of methoxy groups -OCH3 is 1. The Hall–Kier alpha value is -1.97. The van der Waals surface area contributed by atoms with Crippen molar-refractivity contribution < 1.29 is 9.15 Å². The van der Waals surface area contributed by atoms with Gasteiger partial charge in [-0.1, -0.05) is 0 Å². The molecule has 1 heterocycles. The number of nitrogen functional groups attached to an aromatic ring is 1. The van der Waals surface area contributed by atoms with Gasteiger partial charge in [0, 0.05) is 6.07 Å². The number of rotatable bonds is 1. The average Bonchev–Trinajstić information content (AvgIpc) is 2.17. The molecule has 2 aromatic rings. The predicted octanol–water partition coefficient (Wildman–Crippen LogP) is 1.38. The molecule has 0 unspecified atom stereocenters. The van der Waals surface area contributed by atoms with Crippen LogP contribution < -0.4 is 15.9 Å². The monoisotopic (exact) mass is 191 g/mol. The van der Waals surface area contributed by atoms with Gasteiger partial charge in [0.2, 0.25) is 0 Å². The first-order valence-corrected chi connectivity index (χ1v) is 4.08. The van der Waals surface area contributed by atoms with E-state index in [0.29, 0.717) is 16.7 Å². The van der Waals surface area contributed by atoms with Crippen LogP contribution in [0.15, 0.2) is 33.5 Å². The minimum absolute atomic E-state index is 0.118. The van der Waals surface area contributed by atoms with Gasteiger partial charge >= 0.3 is 0 Å². The van der Waals surface area contributed by atoms with Crippen LogP contribution in [0, 0.1) is 0 Å². The Bertz CT molecular complexity index is 530. The molecule has 2 rings (SSSR count). The first kappa shape index (κ1) is 8.62. The Labute approximate surface area is 79.9 Å². The van der Waals surface area contributed by atoms with Crippen LogP contribution in [0.4, 0.5) is 5.88 Å². The lowest BCUT2D eigenvalue weighted by atomic mass is 10.2. The molecule has 0 aliphatic carbocycles. The summed E-state index contributed by atoms with van der Waals surface area (Å²) in [4.78, 5) is 11.5. The highest BCUT2D eigenvalue weighted by molar-refractivity contribution is 5.78. The predicted molar refractivity (Wildman–Crippen MR) is 53.4 cm³/mol. The maximum Gasteiger partial charge on any atom is 0.195 e. The van der Waals surface area contributed by atoms with Crippen molar-refractivity contribution in [1.82, 2.24) is 0 Å². The van der Waals surface area contributed by atoms with Crippen LogP contribution in [0.5, 0.6) is 5.75 Å². The molecule has 0 aliphatic rings. The molecular weight excluding hydrogens is 182 g/mol. The molecular formula is C10H9NO3. The van der Waals surface area contributed by atoms with Crippen molar-refractivity contribution in [2.75, 3.05) is 12.8 Å². The van der Waals surface area contributed by atoms with Crippen molar-refractivity contribution in [3.05, 3.63) is 34.5 Å². The van der Waals surface area contributed by atoms with E-state index in [1.54, 1.807) is 25.3 Å². The zero-order valence-corrected chi connectivity index (χ0v) is 7.61. The highest BCUT2D eigenvalue weighted by Crippen LogP contribution is 2.19. The Balaban J connectivity index is 2.82. The molecule has 0 spiro atoms. The second-order valence-corrected chi connectivity index (χ2v) is 2.88. The summed E-state index contributed by atoms with van der Waals surface area (Å²) in [7, 11) is 1.54. The minimum Gasteiger partial charge on any atom is -0.497 e. The van der Waals surface area contributed by atoms with Gasteiger partial charge in [-0.3, -0.25) is 4.79 Å². The summed E-state index contributed by atoms with van der Waals surface area (Å²) >= 11 is 0. The number of anilines is 1. The van der Waals surface area contributed by atoms with Gasteiger partial charge in [0.25, 0.3) is 0 Å². The standard InChI is InChI=1S/C10H9NO3/c1-13-6-2-3-9-7(4-6)8(12)5-10(11)14-9/h2-5H,11H2,1H3. The molecule has 1 aromatic carbocycles. The fraction of sp³-hybridized carbons (Fsp3) is 0.100. The van der Waals surface area contributed by atoms with E-state index in [1.165, 1.54) is 6.07 Å². The molecule has 4 nitrogen and oxygen atoms in total. The van der Waals surface area contributed by atoms with Gasteiger partial charge in [0.1, 0.15) is 11.3 Å². The third-order valence-electron chi connectivity index (χ3n) is 1.95. The summed E-state index contributed by atoms with van der Waals surface area (Å²) in [6.45, 7) is 0. The van der Waals surface area contributed by atoms with Gasteiger partial charge in [-0.15, -0.1) is 0 Å². The van der Waals surface area contributed by atoms with Gasteiger partial charge in [-0.2, -0.15) is 0 Å². The number of benzene rings is 1. The smallest absolute Gasteiger partial charge is 0.195 e. The minimum atomic E-state index is -0.164. The maximum absolute atomic E-state index is 11.5. The Kier molecular flexibility index (Phi) is 1.89. The van der Waals surface area contributed by atoms with Crippen molar-refractivity contribution >= 4 is 16.9 Å². The van der Waals surface area contributed by atoms with E-state index in [1.807, 2.05) is 0 Å². The van der Waals surface area contributed by atoms with E-state index < -0.39 is 0 Å². The van der Waals surface area contributed by atoms with Gasteiger partial charge in [-0.05, 0) is 18.2 Å². The van der Waals surface area contributed by atoms with E-state index in [9.17, 15) is 4.79 Å². The molecule has 0 aliphatic heterocycles. The fourth-order valence-corrected chi connectivity index (χ4v) is 1.28. The highest BCUT2D eigenvalue weighted by atomic mass is 16.5. The van der Waals surface area contributed by atoms with Crippen molar-refractivity contribution in [3.63, 3.8) is 0 Å². The van der Waals surface area contributed by atoms with Crippen LogP contribution in [-0.4, -0.2) is 7.11 Å². The number of hydrogen-bond acceptors (Lipinski definition) is 4. The van der Waals surface area contributed by atoms with Gasteiger partial charge < -0.3 is 14.9 Å². The van der Waals surface area contributed by atoms with Gasteiger partial charge in [0.15, 0.2) is 11.3 Å². The molecule has 4 heteroatoms. The lowest BCUT2D eigenvalue weighted by Gasteiger charge is -2.01. The molecule has 0 amide bonds. The molecule has 72 valence electrons. The van der Waals surface area contributed by atoms with Crippen LogP contribution in [0.25, 0.3) is 11.0 Å². The van der Waals surface area contributed by atoms with Crippen molar-refractivity contribution in [3.8, 4) is 5.75 Å². The molecule has 2 N–H and O–H groups in total. The summed E-state index contributed by atoms with van der Waals surface area (Å²) in [6, 6.07) is 6.25. The molecule has 1 aromatic heterocycles. The fourth-order valence-electron chi connectivity index (χ4n) is 1.28. The van der Waals surface area contributed by atoms with Crippen LogP contribution >= 0.6 is 0 Å². The summed E-state index contributed by atoms with van der Waals surface area (Å²) in [6.07, 6.45) is 0. The third kappa shape index (κ3) is 1.31. The summed E-state index contributed by atoms with van der Waals surface area (Å²) in [5.41, 5.74) is 5.70. The lowest BCUT2D eigenvalue weighted by molar-refractivity contribution is 0.415. The van der Waals surface area contributed by atoms with Gasteiger partial charge in [0.05, 0.1) is 12.5 Å². The third-order valence-corrected chi connectivity index (χ3v) is 1.95. The van der Waals surface area contributed by atoms with E-state index in [0.717, 1.165) is 0 Å². The normalized spacial score (nSPS) is 10.4. The average molecular weight is 191 g/mol. The van der Waals surface area contributed by atoms with Crippen LogP contribution in [0.1, 0.15) is 0 Å². The first-order chi connectivity index (χ1) is 6.70. The van der Waals surface area contributed by atoms with Crippen LogP contribution in [0.3, 0.4) is 0 Å². The van der Waals surface area contributed by atoms with E-state index in [2.05, 4.69) is 0 Å². The summed E-state index contributed by atoms with van der Waals surface area (Å²) < 4.78 is 10.2. The number of fused-ring (bicyclic) bond motifs is 1. The van der Waals surface area contributed by atoms with Crippen LogP contribution in [0.2, 0.25) is 0 Å². The first-order valence-electron chi connectivity index (χ1n) is 4.08. The Morgan fingerprint density at radius 2 is 2.14 bits per heavy atom. The van der Waals surface area contributed by atoms with Crippen molar-refractivity contribution in [2.24, 2.45) is 0 Å². The molecule has 0 saturated carbocycles. The summed E-state index contributed by atoms with van der Waals surface area (Å²) in [5, 5.41) is 0.471. The van der Waals surface area contributed by atoms with Gasteiger partial charge in [-0.25, -0.2) is 0 Å². The molecule has 0 saturated heterocycles. The topological polar surface area (TPSA) is 65.5 Å². The molecule has 0 fully saturated rings. The Morgan fingerprint density at radius 3 is 2.86 bits per heavy atom. The van der Waals surface area contributed by atoms with E-state index in [4.69, 9.17) is 14.9 Å².